The number of hydrogen-bond acceptors (Lipinski definition) is 4. The highest BCUT2D eigenvalue weighted by Gasteiger charge is 2.15. The van der Waals surface area contributed by atoms with Crippen LogP contribution in [0.15, 0.2) is 18.2 Å². The molecule has 0 spiro atoms. The first kappa shape index (κ1) is 15.0. The van der Waals surface area contributed by atoms with Crippen molar-refractivity contribution >= 4 is 13.7 Å². The van der Waals surface area contributed by atoms with E-state index in [9.17, 15) is 9.46 Å². The third-order valence-corrected chi connectivity index (χ3v) is 3.99. The molecule has 0 aliphatic rings. The van der Waals surface area contributed by atoms with Crippen LogP contribution in [-0.2, 0) is 15.7 Å². The molecule has 102 valence electrons. The standard InChI is InChI=1S/C12H20NO4P/c1-16-6-5-10(18(14)15)7-9-3-4-11(13)12(8-9)17-2/h3-4,8,10,18H,5-7,13H2,1-2H3,(H,14,15). The molecule has 6 heteroatoms. The van der Waals surface area contributed by atoms with Crippen molar-refractivity contribution in [1.29, 1.82) is 0 Å². The van der Waals surface area contributed by atoms with Gasteiger partial charge in [-0.2, -0.15) is 0 Å². The Kier molecular flexibility index (Phi) is 6.19. The van der Waals surface area contributed by atoms with Gasteiger partial charge < -0.3 is 20.1 Å². The number of rotatable bonds is 7. The van der Waals surface area contributed by atoms with E-state index in [4.69, 9.17) is 15.2 Å². The Morgan fingerprint density at radius 2 is 2.17 bits per heavy atom. The minimum Gasteiger partial charge on any atom is -0.495 e. The van der Waals surface area contributed by atoms with Crippen LogP contribution in [-0.4, -0.2) is 31.4 Å². The molecule has 0 bridgehead atoms. The second kappa shape index (κ2) is 7.41. The second-order valence-electron chi connectivity index (χ2n) is 4.10. The van der Waals surface area contributed by atoms with E-state index in [-0.39, 0.29) is 5.66 Å². The third kappa shape index (κ3) is 4.33. The number of nitrogens with two attached hydrogens (primary N) is 1. The predicted octanol–water partition coefficient (Wildman–Crippen LogP) is 1.69. The van der Waals surface area contributed by atoms with Gasteiger partial charge in [-0.3, -0.25) is 4.57 Å². The van der Waals surface area contributed by atoms with E-state index in [0.717, 1.165) is 5.56 Å². The van der Waals surface area contributed by atoms with E-state index >= 15 is 0 Å². The van der Waals surface area contributed by atoms with Crippen molar-refractivity contribution in [3.8, 4) is 5.75 Å². The zero-order valence-electron chi connectivity index (χ0n) is 10.7. The van der Waals surface area contributed by atoms with Crippen molar-refractivity contribution in [2.75, 3.05) is 26.6 Å². The lowest BCUT2D eigenvalue weighted by atomic mass is 10.1. The fourth-order valence-corrected chi connectivity index (χ4v) is 2.52. The topological polar surface area (TPSA) is 81.8 Å². The van der Waals surface area contributed by atoms with E-state index < -0.39 is 8.03 Å². The smallest absolute Gasteiger partial charge is 0.192 e. The Balaban J connectivity index is 2.77. The maximum absolute atomic E-state index is 11.3. The highest BCUT2D eigenvalue weighted by Crippen LogP contribution is 2.31. The number of benzene rings is 1. The summed E-state index contributed by atoms with van der Waals surface area (Å²) in [5.41, 5.74) is 6.95. The van der Waals surface area contributed by atoms with Crippen molar-refractivity contribution in [2.24, 2.45) is 0 Å². The first-order valence-corrected chi connectivity index (χ1v) is 7.16. The Hall–Kier alpha value is -1.03. The molecule has 2 unspecified atom stereocenters. The molecule has 3 N–H and O–H groups in total. The Bertz CT molecular complexity index is 411. The molecule has 0 heterocycles. The summed E-state index contributed by atoms with van der Waals surface area (Å²) in [6, 6.07) is 5.40. The lowest BCUT2D eigenvalue weighted by molar-refractivity contribution is 0.192. The number of anilines is 1. The van der Waals surface area contributed by atoms with Gasteiger partial charge in [0.05, 0.1) is 12.8 Å². The van der Waals surface area contributed by atoms with Crippen LogP contribution in [0.3, 0.4) is 0 Å². The largest absolute Gasteiger partial charge is 0.495 e. The summed E-state index contributed by atoms with van der Waals surface area (Å²) >= 11 is 0. The summed E-state index contributed by atoms with van der Waals surface area (Å²) in [4.78, 5) is 9.32. The fourth-order valence-electron chi connectivity index (χ4n) is 1.74. The molecule has 1 aromatic carbocycles. The summed E-state index contributed by atoms with van der Waals surface area (Å²) in [5, 5.41) is 0. The molecule has 2 atom stereocenters. The monoisotopic (exact) mass is 273 g/mol. The van der Waals surface area contributed by atoms with Crippen LogP contribution in [0.25, 0.3) is 0 Å². The van der Waals surface area contributed by atoms with Crippen molar-refractivity contribution < 1.29 is 18.9 Å². The Morgan fingerprint density at radius 1 is 1.44 bits per heavy atom. The van der Waals surface area contributed by atoms with E-state index in [0.29, 0.717) is 30.9 Å². The molecule has 0 fully saturated rings. The highest BCUT2D eigenvalue weighted by molar-refractivity contribution is 7.38. The van der Waals surface area contributed by atoms with Gasteiger partial charge in [0, 0.05) is 19.4 Å². The van der Waals surface area contributed by atoms with Crippen molar-refractivity contribution in [3.63, 3.8) is 0 Å². The summed E-state index contributed by atoms with van der Waals surface area (Å²) < 4.78 is 21.4. The minimum absolute atomic E-state index is 0.275. The Morgan fingerprint density at radius 3 is 2.72 bits per heavy atom. The number of ether oxygens (including phenoxy) is 2. The van der Waals surface area contributed by atoms with Crippen LogP contribution in [0.4, 0.5) is 5.69 Å². The summed E-state index contributed by atoms with van der Waals surface area (Å²) in [6.45, 7) is 0.480. The third-order valence-electron chi connectivity index (χ3n) is 2.80. The van der Waals surface area contributed by atoms with E-state index in [1.807, 2.05) is 6.07 Å². The van der Waals surface area contributed by atoms with Gasteiger partial charge in [-0.15, -0.1) is 0 Å². The van der Waals surface area contributed by atoms with Crippen LogP contribution >= 0.6 is 8.03 Å². The molecule has 0 saturated carbocycles. The van der Waals surface area contributed by atoms with E-state index in [1.165, 1.54) is 0 Å². The number of hydrogen-bond donors (Lipinski definition) is 2. The lowest BCUT2D eigenvalue weighted by Gasteiger charge is -2.14. The van der Waals surface area contributed by atoms with Gasteiger partial charge in [-0.25, -0.2) is 0 Å². The molecule has 18 heavy (non-hydrogen) atoms. The molecular formula is C12H20NO4P. The zero-order chi connectivity index (χ0) is 13.5. The average molecular weight is 273 g/mol. The van der Waals surface area contributed by atoms with E-state index in [2.05, 4.69) is 0 Å². The maximum Gasteiger partial charge on any atom is 0.192 e. The van der Waals surface area contributed by atoms with Crippen LogP contribution in [0.1, 0.15) is 12.0 Å². The Labute approximate surface area is 108 Å². The summed E-state index contributed by atoms with van der Waals surface area (Å²) in [7, 11) is 0.555. The quantitative estimate of drug-likeness (QED) is 0.583. The molecule has 1 aromatic rings. The van der Waals surface area contributed by atoms with Crippen LogP contribution < -0.4 is 10.5 Å². The molecule has 5 nitrogen and oxygen atoms in total. The first-order chi connectivity index (χ1) is 8.58. The molecule has 0 aliphatic heterocycles. The van der Waals surface area contributed by atoms with Crippen LogP contribution in [0.5, 0.6) is 5.75 Å². The predicted molar refractivity (Wildman–Crippen MR) is 72.6 cm³/mol. The van der Waals surface area contributed by atoms with Crippen molar-refractivity contribution in [3.05, 3.63) is 23.8 Å². The molecule has 0 aliphatic carbocycles. The SMILES string of the molecule is COCCC(Cc1ccc(N)c(OC)c1)[PH](=O)O. The molecule has 0 aromatic heterocycles. The normalized spacial score (nSPS) is 14.2. The molecule has 1 rings (SSSR count). The lowest BCUT2D eigenvalue weighted by Crippen LogP contribution is -2.10. The number of methoxy groups -OCH3 is 2. The van der Waals surface area contributed by atoms with Gasteiger partial charge in [0.25, 0.3) is 0 Å². The first-order valence-electron chi connectivity index (χ1n) is 5.72. The molecule has 0 amide bonds. The highest BCUT2D eigenvalue weighted by atomic mass is 31.1. The molecule has 0 radical (unpaired) electrons. The van der Waals surface area contributed by atoms with Crippen molar-refractivity contribution in [1.82, 2.24) is 0 Å². The van der Waals surface area contributed by atoms with Crippen LogP contribution in [0.2, 0.25) is 0 Å². The second-order valence-corrected chi connectivity index (χ2v) is 5.59. The van der Waals surface area contributed by atoms with Gasteiger partial charge in [0.1, 0.15) is 5.75 Å². The van der Waals surface area contributed by atoms with Gasteiger partial charge in [0.2, 0.25) is 0 Å². The maximum atomic E-state index is 11.3. The summed E-state index contributed by atoms with van der Waals surface area (Å²) in [5.74, 6) is 0.593. The van der Waals surface area contributed by atoms with Gasteiger partial charge in [0.15, 0.2) is 8.03 Å². The molecule has 0 saturated heterocycles. The van der Waals surface area contributed by atoms with E-state index in [1.54, 1.807) is 26.4 Å². The molecular weight excluding hydrogens is 253 g/mol. The van der Waals surface area contributed by atoms with Crippen LogP contribution in [0, 0.1) is 0 Å². The fraction of sp³-hybridized carbons (Fsp3) is 0.500. The minimum atomic E-state index is -2.57. The summed E-state index contributed by atoms with van der Waals surface area (Å²) in [6.07, 6.45) is 1.09. The zero-order valence-corrected chi connectivity index (χ0v) is 11.7. The van der Waals surface area contributed by atoms with Gasteiger partial charge in [-0.1, -0.05) is 6.07 Å². The average Bonchev–Trinajstić information content (AvgIpc) is 2.36. The van der Waals surface area contributed by atoms with Crippen molar-refractivity contribution in [2.45, 2.75) is 18.5 Å². The number of nitrogen functional groups attached to an aromatic ring is 1. The van der Waals surface area contributed by atoms with Gasteiger partial charge >= 0.3 is 0 Å². The van der Waals surface area contributed by atoms with Gasteiger partial charge in [-0.05, 0) is 30.5 Å².